The number of nitrogens with zero attached hydrogens (tertiary/aromatic N) is 3. The zero-order valence-corrected chi connectivity index (χ0v) is 13.2. The monoisotopic (exact) mass is 327 g/mol. The standard InChI is InChI=1S/C16H17N5O3/c1-10(11-5-4-6-12(9-11)21(23)24)17-20-16(22)15-13-7-2-3-8-14(13)18-19-15/h4-6,9H,2-3,7-8H2,1H3,(H,18,19)(H,20,22). The Morgan fingerprint density at radius 3 is 2.96 bits per heavy atom. The molecule has 8 nitrogen and oxygen atoms in total. The molecule has 1 aromatic heterocycles. The van der Waals surface area contributed by atoms with Crippen LogP contribution in [0.15, 0.2) is 29.4 Å². The summed E-state index contributed by atoms with van der Waals surface area (Å²) in [5, 5.41) is 21.9. The highest BCUT2D eigenvalue weighted by Crippen LogP contribution is 2.22. The summed E-state index contributed by atoms with van der Waals surface area (Å²) in [6.45, 7) is 1.68. The lowest BCUT2D eigenvalue weighted by atomic mass is 9.96. The van der Waals surface area contributed by atoms with Gasteiger partial charge in [0.1, 0.15) is 0 Å². The summed E-state index contributed by atoms with van der Waals surface area (Å²) >= 11 is 0. The van der Waals surface area contributed by atoms with Gasteiger partial charge < -0.3 is 0 Å². The van der Waals surface area contributed by atoms with Gasteiger partial charge in [-0.15, -0.1) is 0 Å². The maximum Gasteiger partial charge on any atom is 0.292 e. The maximum atomic E-state index is 12.3. The van der Waals surface area contributed by atoms with E-state index in [2.05, 4.69) is 20.7 Å². The van der Waals surface area contributed by atoms with E-state index in [0.717, 1.165) is 36.9 Å². The molecule has 0 unspecified atom stereocenters. The zero-order chi connectivity index (χ0) is 17.1. The number of aryl methyl sites for hydroxylation is 1. The van der Waals surface area contributed by atoms with Crippen LogP contribution < -0.4 is 5.43 Å². The summed E-state index contributed by atoms with van der Waals surface area (Å²) in [5.41, 5.74) is 5.87. The van der Waals surface area contributed by atoms with Gasteiger partial charge in [0.05, 0.1) is 10.6 Å². The molecule has 0 saturated heterocycles. The first kappa shape index (κ1) is 15.9. The Kier molecular flexibility index (Phi) is 4.37. The highest BCUT2D eigenvalue weighted by Gasteiger charge is 2.21. The van der Waals surface area contributed by atoms with Crippen LogP contribution in [-0.4, -0.2) is 26.7 Å². The SMILES string of the molecule is CC(=NNC(=O)c1n[nH]c2c1CCCC2)c1cccc([N+](=O)[O-])c1. The van der Waals surface area contributed by atoms with E-state index in [1.807, 2.05) is 0 Å². The van der Waals surface area contributed by atoms with E-state index in [1.54, 1.807) is 19.1 Å². The topological polar surface area (TPSA) is 113 Å². The maximum absolute atomic E-state index is 12.3. The normalized spacial score (nSPS) is 14.1. The van der Waals surface area contributed by atoms with Crippen molar-refractivity contribution in [2.45, 2.75) is 32.6 Å². The number of nitro benzene ring substituents is 1. The van der Waals surface area contributed by atoms with Crippen molar-refractivity contribution in [1.82, 2.24) is 15.6 Å². The van der Waals surface area contributed by atoms with Crippen molar-refractivity contribution in [2.24, 2.45) is 5.10 Å². The quantitative estimate of drug-likeness (QED) is 0.509. The van der Waals surface area contributed by atoms with Gasteiger partial charge in [-0.2, -0.15) is 10.2 Å². The number of rotatable bonds is 4. The second-order valence-electron chi connectivity index (χ2n) is 5.68. The van der Waals surface area contributed by atoms with Gasteiger partial charge in [-0.05, 0) is 32.6 Å². The summed E-state index contributed by atoms with van der Waals surface area (Å²) in [6, 6.07) is 6.11. The largest absolute Gasteiger partial charge is 0.292 e. The van der Waals surface area contributed by atoms with Crippen LogP contribution in [0.25, 0.3) is 0 Å². The fourth-order valence-electron chi connectivity index (χ4n) is 2.77. The van der Waals surface area contributed by atoms with Gasteiger partial charge in [-0.3, -0.25) is 20.0 Å². The lowest BCUT2D eigenvalue weighted by molar-refractivity contribution is -0.384. The van der Waals surface area contributed by atoms with Crippen LogP contribution in [0, 0.1) is 10.1 Å². The van der Waals surface area contributed by atoms with E-state index in [9.17, 15) is 14.9 Å². The van der Waals surface area contributed by atoms with E-state index >= 15 is 0 Å². The van der Waals surface area contributed by atoms with Crippen LogP contribution in [0.1, 0.15) is 47.1 Å². The van der Waals surface area contributed by atoms with Crippen LogP contribution in [-0.2, 0) is 12.8 Å². The van der Waals surface area contributed by atoms with Crippen molar-refractivity contribution < 1.29 is 9.72 Å². The van der Waals surface area contributed by atoms with Crippen LogP contribution in [0.5, 0.6) is 0 Å². The molecule has 124 valence electrons. The van der Waals surface area contributed by atoms with Crippen molar-refractivity contribution in [3.8, 4) is 0 Å². The van der Waals surface area contributed by atoms with Gasteiger partial charge in [0, 0.05) is 29.0 Å². The third-order valence-corrected chi connectivity index (χ3v) is 4.07. The molecular weight excluding hydrogens is 310 g/mol. The Morgan fingerprint density at radius 2 is 2.17 bits per heavy atom. The van der Waals surface area contributed by atoms with Gasteiger partial charge in [0.2, 0.25) is 0 Å². The Hall–Kier alpha value is -3.03. The summed E-state index contributed by atoms with van der Waals surface area (Å²) < 4.78 is 0. The summed E-state index contributed by atoms with van der Waals surface area (Å²) in [5.74, 6) is -0.376. The highest BCUT2D eigenvalue weighted by atomic mass is 16.6. The molecule has 1 heterocycles. The van der Waals surface area contributed by atoms with Gasteiger partial charge >= 0.3 is 0 Å². The molecule has 2 N–H and O–H groups in total. The number of H-pyrrole nitrogens is 1. The molecule has 1 aliphatic rings. The first-order valence-electron chi connectivity index (χ1n) is 7.72. The van der Waals surface area contributed by atoms with E-state index < -0.39 is 4.92 Å². The van der Waals surface area contributed by atoms with Gasteiger partial charge in [-0.25, -0.2) is 5.43 Å². The Labute approximate surface area is 138 Å². The number of non-ortho nitro benzene ring substituents is 1. The molecule has 0 bridgehead atoms. The van der Waals surface area contributed by atoms with Crippen LogP contribution in [0.3, 0.4) is 0 Å². The van der Waals surface area contributed by atoms with Crippen molar-refractivity contribution in [3.05, 3.63) is 56.9 Å². The summed E-state index contributed by atoms with van der Waals surface area (Å²) in [4.78, 5) is 22.6. The van der Waals surface area contributed by atoms with Gasteiger partial charge in [-0.1, -0.05) is 12.1 Å². The second-order valence-corrected chi connectivity index (χ2v) is 5.68. The number of aromatic amines is 1. The number of benzene rings is 1. The van der Waals surface area contributed by atoms with Crippen LogP contribution in [0.4, 0.5) is 5.69 Å². The Balaban J connectivity index is 1.75. The number of nitro groups is 1. The van der Waals surface area contributed by atoms with Crippen molar-refractivity contribution >= 4 is 17.3 Å². The lowest BCUT2D eigenvalue weighted by Crippen LogP contribution is -2.21. The smallest absolute Gasteiger partial charge is 0.281 e. The van der Waals surface area contributed by atoms with Crippen molar-refractivity contribution in [3.63, 3.8) is 0 Å². The van der Waals surface area contributed by atoms with Crippen molar-refractivity contribution in [1.29, 1.82) is 0 Å². The number of amides is 1. The number of hydrogen-bond acceptors (Lipinski definition) is 5. The van der Waals surface area contributed by atoms with E-state index in [4.69, 9.17) is 0 Å². The number of carbonyl (C=O) groups is 1. The zero-order valence-electron chi connectivity index (χ0n) is 13.2. The first-order valence-corrected chi connectivity index (χ1v) is 7.72. The predicted octanol–water partition coefficient (Wildman–Crippen LogP) is 2.35. The minimum absolute atomic E-state index is 0.0188. The molecule has 1 aliphatic carbocycles. The molecule has 1 aromatic carbocycles. The molecule has 8 heteroatoms. The number of aromatic nitrogens is 2. The summed E-state index contributed by atoms with van der Waals surface area (Å²) in [7, 11) is 0. The van der Waals surface area contributed by atoms with Crippen LogP contribution >= 0.6 is 0 Å². The molecule has 3 rings (SSSR count). The number of nitrogens with one attached hydrogen (secondary N) is 2. The van der Waals surface area contributed by atoms with E-state index in [1.165, 1.54) is 12.1 Å². The molecule has 0 radical (unpaired) electrons. The molecule has 1 amide bonds. The second kappa shape index (κ2) is 6.61. The molecule has 2 aromatic rings. The fourth-order valence-corrected chi connectivity index (χ4v) is 2.77. The average Bonchev–Trinajstić information content (AvgIpc) is 3.03. The fraction of sp³-hybridized carbons (Fsp3) is 0.312. The molecule has 0 fully saturated rings. The third kappa shape index (κ3) is 3.17. The average molecular weight is 327 g/mol. The predicted molar refractivity (Wildman–Crippen MR) is 88.0 cm³/mol. The molecule has 0 saturated carbocycles. The van der Waals surface area contributed by atoms with Gasteiger partial charge in [0.25, 0.3) is 11.6 Å². The minimum Gasteiger partial charge on any atom is -0.281 e. The van der Waals surface area contributed by atoms with Crippen molar-refractivity contribution in [2.75, 3.05) is 0 Å². The molecular formula is C16H17N5O3. The number of hydrazone groups is 1. The highest BCUT2D eigenvalue weighted by molar-refractivity contribution is 6.01. The Bertz CT molecular complexity index is 825. The molecule has 0 aliphatic heterocycles. The molecule has 24 heavy (non-hydrogen) atoms. The summed E-state index contributed by atoms with van der Waals surface area (Å²) in [6.07, 6.45) is 3.89. The third-order valence-electron chi connectivity index (χ3n) is 4.07. The number of hydrogen-bond donors (Lipinski definition) is 2. The van der Waals surface area contributed by atoms with E-state index in [0.29, 0.717) is 17.0 Å². The van der Waals surface area contributed by atoms with Crippen LogP contribution in [0.2, 0.25) is 0 Å². The number of carbonyl (C=O) groups excluding carboxylic acids is 1. The van der Waals surface area contributed by atoms with E-state index in [-0.39, 0.29) is 11.6 Å². The number of fused-ring (bicyclic) bond motifs is 1. The molecule has 0 spiro atoms. The molecule has 0 atom stereocenters. The first-order chi connectivity index (χ1) is 11.6. The minimum atomic E-state index is -0.467. The Morgan fingerprint density at radius 1 is 1.38 bits per heavy atom. The lowest BCUT2D eigenvalue weighted by Gasteiger charge is -2.10. The van der Waals surface area contributed by atoms with Gasteiger partial charge in [0.15, 0.2) is 5.69 Å².